The van der Waals surface area contributed by atoms with Gasteiger partial charge in [-0.25, -0.2) is 4.68 Å². The van der Waals surface area contributed by atoms with Crippen molar-refractivity contribution < 1.29 is 9.53 Å². The lowest BCUT2D eigenvalue weighted by Gasteiger charge is -2.22. The number of carbonyl (C=O) groups is 1. The van der Waals surface area contributed by atoms with Crippen LogP contribution < -0.4 is 10.1 Å². The van der Waals surface area contributed by atoms with Crippen LogP contribution in [-0.4, -0.2) is 52.5 Å². The molecule has 1 aromatic heterocycles. The maximum Gasteiger partial charge on any atom is 0.276 e. The van der Waals surface area contributed by atoms with Crippen LogP contribution in [0.2, 0.25) is 0 Å². The molecular weight excluding hydrogens is 318 g/mol. The summed E-state index contributed by atoms with van der Waals surface area (Å²) in [5.74, 6) is 0.721. The molecule has 7 nitrogen and oxygen atoms in total. The lowest BCUT2D eigenvalue weighted by atomic mass is 10.1. The molecule has 1 saturated heterocycles. The number of carbonyl (C=O) groups excluding carboxylic acids is 1. The molecule has 25 heavy (non-hydrogen) atoms. The first-order valence-corrected chi connectivity index (χ1v) is 8.77. The van der Waals surface area contributed by atoms with Gasteiger partial charge in [0.05, 0.1) is 18.8 Å². The SMILES string of the molecule is CCOc1ccc(CN(C)C(=O)c2cn(C3CCNCC3)nn2)cc1. The van der Waals surface area contributed by atoms with Gasteiger partial charge in [-0.2, -0.15) is 0 Å². The third kappa shape index (κ3) is 4.36. The fraction of sp³-hybridized carbons (Fsp3) is 0.500. The van der Waals surface area contributed by atoms with E-state index >= 15 is 0 Å². The van der Waals surface area contributed by atoms with E-state index < -0.39 is 0 Å². The Morgan fingerprint density at radius 3 is 2.72 bits per heavy atom. The highest BCUT2D eigenvalue weighted by atomic mass is 16.5. The number of ether oxygens (including phenoxy) is 1. The van der Waals surface area contributed by atoms with Gasteiger partial charge in [0.1, 0.15) is 5.75 Å². The molecule has 0 saturated carbocycles. The van der Waals surface area contributed by atoms with Gasteiger partial charge >= 0.3 is 0 Å². The van der Waals surface area contributed by atoms with E-state index in [2.05, 4.69) is 15.6 Å². The maximum absolute atomic E-state index is 12.6. The van der Waals surface area contributed by atoms with Crippen LogP contribution >= 0.6 is 0 Å². The van der Waals surface area contributed by atoms with E-state index in [0.29, 0.717) is 24.9 Å². The summed E-state index contributed by atoms with van der Waals surface area (Å²) >= 11 is 0. The predicted octanol–water partition coefficient (Wildman–Crippen LogP) is 1.87. The zero-order valence-corrected chi connectivity index (χ0v) is 14.8. The van der Waals surface area contributed by atoms with E-state index in [0.717, 1.165) is 37.2 Å². The van der Waals surface area contributed by atoms with Gasteiger partial charge in [-0.3, -0.25) is 4.79 Å². The van der Waals surface area contributed by atoms with E-state index in [1.54, 1.807) is 18.1 Å². The molecule has 0 unspecified atom stereocenters. The molecule has 3 rings (SSSR count). The molecular formula is C18H25N5O2. The van der Waals surface area contributed by atoms with Crippen LogP contribution in [-0.2, 0) is 6.54 Å². The molecule has 0 spiro atoms. The molecule has 0 atom stereocenters. The fourth-order valence-electron chi connectivity index (χ4n) is 3.02. The highest BCUT2D eigenvalue weighted by Gasteiger charge is 2.20. The summed E-state index contributed by atoms with van der Waals surface area (Å²) in [6, 6.07) is 8.11. The Morgan fingerprint density at radius 2 is 2.04 bits per heavy atom. The smallest absolute Gasteiger partial charge is 0.276 e. The van der Waals surface area contributed by atoms with Crippen molar-refractivity contribution >= 4 is 5.91 Å². The van der Waals surface area contributed by atoms with Crippen molar-refractivity contribution in [1.82, 2.24) is 25.2 Å². The first kappa shape index (κ1) is 17.4. The number of piperidine rings is 1. The van der Waals surface area contributed by atoms with E-state index in [-0.39, 0.29) is 5.91 Å². The normalized spacial score (nSPS) is 15.1. The van der Waals surface area contributed by atoms with Crippen LogP contribution in [0.3, 0.4) is 0 Å². The minimum Gasteiger partial charge on any atom is -0.494 e. The fourth-order valence-corrected chi connectivity index (χ4v) is 3.02. The van der Waals surface area contributed by atoms with E-state index in [4.69, 9.17) is 4.74 Å². The summed E-state index contributed by atoms with van der Waals surface area (Å²) in [6.45, 7) is 5.07. The number of rotatable bonds is 6. The van der Waals surface area contributed by atoms with Gasteiger partial charge in [0.2, 0.25) is 0 Å². The van der Waals surface area contributed by atoms with E-state index in [9.17, 15) is 4.79 Å². The Kier molecular flexibility index (Phi) is 5.65. The van der Waals surface area contributed by atoms with Crippen LogP contribution in [0.4, 0.5) is 0 Å². The second kappa shape index (κ2) is 8.11. The molecule has 1 fully saturated rings. The second-order valence-corrected chi connectivity index (χ2v) is 6.30. The molecule has 1 amide bonds. The molecule has 0 aliphatic carbocycles. The molecule has 2 aromatic rings. The van der Waals surface area contributed by atoms with Crippen molar-refractivity contribution in [3.63, 3.8) is 0 Å². The zero-order valence-electron chi connectivity index (χ0n) is 14.8. The predicted molar refractivity (Wildman–Crippen MR) is 94.6 cm³/mol. The number of hydrogen-bond donors (Lipinski definition) is 1. The number of amides is 1. The Balaban J connectivity index is 1.61. The number of nitrogens with zero attached hydrogens (tertiary/aromatic N) is 4. The monoisotopic (exact) mass is 343 g/mol. The zero-order chi connectivity index (χ0) is 17.6. The van der Waals surface area contributed by atoms with E-state index in [1.165, 1.54) is 0 Å². The summed E-state index contributed by atoms with van der Waals surface area (Å²) < 4.78 is 7.27. The third-order valence-corrected chi connectivity index (χ3v) is 4.41. The van der Waals surface area contributed by atoms with Crippen molar-refractivity contribution in [1.29, 1.82) is 0 Å². The van der Waals surface area contributed by atoms with Gasteiger partial charge in [0.25, 0.3) is 5.91 Å². The minimum atomic E-state index is -0.117. The average molecular weight is 343 g/mol. The molecule has 1 aliphatic heterocycles. The molecule has 134 valence electrons. The summed E-state index contributed by atoms with van der Waals surface area (Å²) in [4.78, 5) is 14.2. The number of aromatic nitrogens is 3. The Morgan fingerprint density at radius 1 is 1.32 bits per heavy atom. The van der Waals surface area contributed by atoms with Crippen LogP contribution in [0, 0.1) is 0 Å². The quantitative estimate of drug-likeness (QED) is 0.867. The topological polar surface area (TPSA) is 72.3 Å². The van der Waals surface area contributed by atoms with Crippen molar-refractivity contribution in [2.75, 3.05) is 26.7 Å². The Bertz CT molecular complexity index is 692. The number of nitrogens with one attached hydrogen (secondary N) is 1. The summed E-state index contributed by atoms with van der Waals surface area (Å²) in [5, 5.41) is 11.6. The second-order valence-electron chi connectivity index (χ2n) is 6.30. The summed E-state index contributed by atoms with van der Waals surface area (Å²) in [5.41, 5.74) is 1.44. The van der Waals surface area contributed by atoms with Gasteiger partial charge in [-0.15, -0.1) is 5.10 Å². The van der Waals surface area contributed by atoms with Gasteiger partial charge in [-0.05, 0) is 50.6 Å². The van der Waals surface area contributed by atoms with Crippen LogP contribution in [0.1, 0.15) is 41.9 Å². The summed E-state index contributed by atoms with van der Waals surface area (Å²) in [6.07, 6.45) is 3.80. The molecule has 0 bridgehead atoms. The van der Waals surface area contributed by atoms with Gasteiger partial charge in [0.15, 0.2) is 5.69 Å². The highest BCUT2D eigenvalue weighted by Crippen LogP contribution is 2.18. The largest absolute Gasteiger partial charge is 0.494 e. The third-order valence-electron chi connectivity index (χ3n) is 4.41. The van der Waals surface area contributed by atoms with Gasteiger partial charge in [-0.1, -0.05) is 17.3 Å². The first-order chi connectivity index (χ1) is 12.2. The maximum atomic E-state index is 12.6. The van der Waals surface area contributed by atoms with Crippen molar-refractivity contribution in [3.8, 4) is 5.75 Å². The van der Waals surface area contributed by atoms with Crippen molar-refractivity contribution in [2.45, 2.75) is 32.4 Å². The molecule has 1 aromatic carbocycles. The molecule has 7 heteroatoms. The molecule has 0 radical (unpaired) electrons. The standard InChI is InChI=1S/C18H25N5O2/c1-3-25-16-6-4-14(5-7-16)12-22(2)18(24)17-13-23(21-20-17)15-8-10-19-11-9-15/h4-7,13,15,19H,3,8-12H2,1-2H3. The Labute approximate surface area is 148 Å². The molecule has 1 aliphatic rings. The first-order valence-electron chi connectivity index (χ1n) is 8.77. The van der Waals surface area contributed by atoms with Crippen LogP contribution in [0.5, 0.6) is 5.75 Å². The van der Waals surface area contributed by atoms with Crippen LogP contribution in [0.15, 0.2) is 30.5 Å². The average Bonchev–Trinajstić information content (AvgIpc) is 3.14. The van der Waals surface area contributed by atoms with Crippen molar-refractivity contribution in [3.05, 3.63) is 41.7 Å². The van der Waals surface area contributed by atoms with E-state index in [1.807, 2.05) is 35.9 Å². The lowest BCUT2D eigenvalue weighted by molar-refractivity contribution is 0.0779. The molecule has 1 N–H and O–H groups in total. The number of benzene rings is 1. The minimum absolute atomic E-state index is 0.117. The number of hydrogen-bond acceptors (Lipinski definition) is 5. The molecule has 2 heterocycles. The highest BCUT2D eigenvalue weighted by molar-refractivity contribution is 5.91. The van der Waals surface area contributed by atoms with Crippen molar-refractivity contribution in [2.24, 2.45) is 0 Å². The van der Waals surface area contributed by atoms with Gasteiger partial charge < -0.3 is 15.0 Å². The van der Waals surface area contributed by atoms with Crippen LogP contribution in [0.25, 0.3) is 0 Å². The summed E-state index contributed by atoms with van der Waals surface area (Å²) in [7, 11) is 1.78. The Hall–Kier alpha value is -2.41. The van der Waals surface area contributed by atoms with Gasteiger partial charge in [0, 0.05) is 13.6 Å². The lowest BCUT2D eigenvalue weighted by Crippen LogP contribution is -2.29.